The molecule has 4 rings (SSSR count). The van der Waals surface area contributed by atoms with E-state index in [1.807, 2.05) is 30.3 Å². The summed E-state index contributed by atoms with van der Waals surface area (Å²) in [7, 11) is 0. The molecule has 0 radical (unpaired) electrons. The number of carboxylic acids is 1. The maximum atomic E-state index is 11.8. The van der Waals surface area contributed by atoms with Gasteiger partial charge in [-0.25, -0.2) is 14.8 Å². The van der Waals surface area contributed by atoms with Gasteiger partial charge >= 0.3 is 5.97 Å². The molecule has 0 unspecified atom stereocenters. The second kappa shape index (κ2) is 9.56. The van der Waals surface area contributed by atoms with Crippen LogP contribution in [-0.4, -0.2) is 26.0 Å². The summed E-state index contributed by atoms with van der Waals surface area (Å²) in [6, 6.07) is 18.9. The van der Waals surface area contributed by atoms with E-state index in [9.17, 15) is 20.0 Å². The first-order chi connectivity index (χ1) is 16.0. The molecule has 0 bridgehead atoms. The van der Waals surface area contributed by atoms with Crippen molar-refractivity contribution in [1.29, 1.82) is 0 Å². The van der Waals surface area contributed by atoms with E-state index in [2.05, 4.69) is 15.3 Å². The summed E-state index contributed by atoms with van der Waals surface area (Å²) in [5.41, 5.74) is 2.19. The van der Waals surface area contributed by atoms with Gasteiger partial charge in [0.25, 0.3) is 5.69 Å². The molecule has 2 heterocycles. The quantitative estimate of drug-likeness (QED) is 0.227. The lowest BCUT2D eigenvalue weighted by Crippen LogP contribution is -2.14. The van der Waals surface area contributed by atoms with Gasteiger partial charge in [0.05, 0.1) is 28.8 Å². The summed E-state index contributed by atoms with van der Waals surface area (Å²) in [6.07, 6.45) is 4.61. The summed E-state index contributed by atoms with van der Waals surface area (Å²) in [6.45, 7) is 0. The molecule has 0 aliphatic carbocycles. The molecule has 0 fully saturated rings. The Bertz CT molecular complexity index is 1320. The van der Waals surface area contributed by atoms with Crippen LogP contribution in [0.25, 0.3) is 17.3 Å². The number of non-ortho nitro benzene ring substituents is 1. The molecule has 0 spiro atoms. The molecule has 0 aliphatic heterocycles. The highest BCUT2D eigenvalue weighted by Crippen LogP contribution is 2.25. The summed E-state index contributed by atoms with van der Waals surface area (Å²) >= 11 is 0. The Morgan fingerprint density at radius 2 is 1.94 bits per heavy atom. The van der Waals surface area contributed by atoms with Crippen LogP contribution in [-0.2, 0) is 11.2 Å². The lowest BCUT2D eigenvalue weighted by Gasteiger charge is -2.13. The summed E-state index contributed by atoms with van der Waals surface area (Å²) in [4.78, 5) is 31.5. The van der Waals surface area contributed by atoms with E-state index >= 15 is 0 Å². The maximum Gasteiger partial charge on any atom is 0.352 e. The van der Waals surface area contributed by atoms with Crippen LogP contribution in [0, 0.1) is 10.1 Å². The number of nitrogens with one attached hydrogen (secondary N) is 1. The first-order valence-electron chi connectivity index (χ1n) is 9.90. The predicted octanol–water partition coefficient (Wildman–Crippen LogP) is 4.77. The van der Waals surface area contributed by atoms with E-state index in [0.29, 0.717) is 29.1 Å². The van der Waals surface area contributed by atoms with E-state index in [1.54, 1.807) is 24.3 Å². The van der Waals surface area contributed by atoms with Gasteiger partial charge in [-0.2, -0.15) is 0 Å². The molecule has 9 nitrogen and oxygen atoms in total. The summed E-state index contributed by atoms with van der Waals surface area (Å²) in [5.74, 6) is -0.569. The minimum absolute atomic E-state index is 0.0596. The van der Waals surface area contributed by atoms with E-state index in [-0.39, 0.29) is 17.2 Å². The topological polar surface area (TPSA) is 131 Å². The number of rotatable bonds is 8. The fourth-order valence-electron chi connectivity index (χ4n) is 3.16. The number of hydrogen-bond donors (Lipinski definition) is 2. The Morgan fingerprint density at radius 1 is 1.12 bits per heavy atom. The molecular formula is C24H18N4O5. The highest BCUT2D eigenvalue weighted by molar-refractivity contribution is 5.95. The lowest BCUT2D eigenvalue weighted by atomic mass is 10.1. The zero-order valence-corrected chi connectivity index (χ0v) is 17.2. The molecule has 2 aromatic carbocycles. The Hall–Kier alpha value is -4.79. The van der Waals surface area contributed by atoms with Crippen LogP contribution in [0.15, 0.2) is 89.3 Å². The minimum atomic E-state index is -1.19. The van der Waals surface area contributed by atoms with Gasteiger partial charge in [-0.1, -0.05) is 42.5 Å². The molecule has 4 aromatic rings. The van der Waals surface area contributed by atoms with Gasteiger partial charge in [0.1, 0.15) is 11.5 Å². The number of aliphatic carboxylic acids is 1. The van der Waals surface area contributed by atoms with Crippen LogP contribution in [0.4, 0.5) is 11.5 Å². The van der Waals surface area contributed by atoms with Crippen molar-refractivity contribution < 1.29 is 19.2 Å². The van der Waals surface area contributed by atoms with Crippen molar-refractivity contribution in [2.45, 2.75) is 6.42 Å². The zero-order valence-electron chi connectivity index (χ0n) is 17.2. The van der Waals surface area contributed by atoms with E-state index in [1.165, 1.54) is 30.7 Å². The third-order valence-electron chi connectivity index (χ3n) is 4.73. The molecule has 0 saturated heterocycles. The molecular weight excluding hydrogens is 424 g/mol. The average Bonchev–Trinajstić information content (AvgIpc) is 3.33. The zero-order chi connectivity index (χ0) is 23.2. The van der Waals surface area contributed by atoms with Crippen molar-refractivity contribution >= 4 is 23.6 Å². The SMILES string of the molecule is O=C(O)/C(=C/c1ccco1)Nc1ncc(-c2cccc([N+](=O)[O-])c2)nc1Cc1ccccc1. The van der Waals surface area contributed by atoms with Crippen LogP contribution >= 0.6 is 0 Å². The Kier molecular flexibility index (Phi) is 6.21. The number of nitrogens with zero attached hydrogens (tertiary/aromatic N) is 3. The van der Waals surface area contributed by atoms with Crippen LogP contribution in [0.2, 0.25) is 0 Å². The van der Waals surface area contributed by atoms with Gasteiger partial charge in [-0.05, 0) is 17.7 Å². The molecule has 164 valence electrons. The number of aromatic nitrogens is 2. The van der Waals surface area contributed by atoms with Gasteiger partial charge in [0.15, 0.2) is 5.82 Å². The van der Waals surface area contributed by atoms with E-state index in [0.717, 1.165) is 5.56 Å². The number of carbonyl (C=O) groups is 1. The third-order valence-corrected chi connectivity index (χ3v) is 4.73. The Morgan fingerprint density at radius 3 is 2.64 bits per heavy atom. The molecule has 0 aliphatic rings. The molecule has 33 heavy (non-hydrogen) atoms. The number of furan rings is 1. The van der Waals surface area contributed by atoms with Crippen LogP contribution < -0.4 is 5.32 Å². The fourth-order valence-corrected chi connectivity index (χ4v) is 3.16. The van der Waals surface area contributed by atoms with Gasteiger partial charge in [-0.15, -0.1) is 0 Å². The van der Waals surface area contributed by atoms with Crippen LogP contribution in [0.1, 0.15) is 17.0 Å². The van der Waals surface area contributed by atoms with Gasteiger partial charge in [0.2, 0.25) is 0 Å². The number of benzene rings is 2. The van der Waals surface area contributed by atoms with E-state index in [4.69, 9.17) is 4.42 Å². The highest BCUT2D eigenvalue weighted by atomic mass is 16.6. The maximum absolute atomic E-state index is 11.8. The normalized spacial score (nSPS) is 11.2. The minimum Gasteiger partial charge on any atom is -0.477 e. The van der Waals surface area contributed by atoms with Crippen molar-refractivity contribution in [3.63, 3.8) is 0 Å². The predicted molar refractivity (Wildman–Crippen MR) is 121 cm³/mol. The number of nitro benzene ring substituents is 1. The molecule has 9 heteroatoms. The van der Waals surface area contributed by atoms with E-state index < -0.39 is 10.9 Å². The molecule has 0 atom stereocenters. The smallest absolute Gasteiger partial charge is 0.352 e. The number of nitro groups is 1. The Balaban J connectivity index is 1.75. The summed E-state index contributed by atoms with van der Waals surface area (Å²) in [5, 5.41) is 23.6. The second-order valence-corrected chi connectivity index (χ2v) is 7.02. The van der Waals surface area contributed by atoms with Crippen molar-refractivity contribution in [3.05, 3.63) is 112 Å². The van der Waals surface area contributed by atoms with Crippen LogP contribution in [0.5, 0.6) is 0 Å². The number of hydrogen-bond acceptors (Lipinski definition) is 7. The largest absolute Gasteiger partial charge is 0.477 e. The monoisotopic (exact) mass is 442 g/mol. The molecule has 2 N–H and O–H groups in total. The Labute approximate surface area is 188 Å². The van der Waals surface area contributed by atoms with Gasteiger partial charge < -0.3 is 14.8 Å². The fraction of sp³-hybridized carbons (Fsp3) is 0.0417. The standard InChI is InChI=1S/C24H18N4O5/c29-24(30)21(14-19-10-5-11-33-19)27-23-20(12-16-6-2-1-3-7-16)26-22(15-25-23)17-8-4-9-18(13-17)28(31)32/h1-11,13-15H,12H2,(H,25,27)(H,29,30)/b21-14-. The lowest BCUT2D eigenvalue weighted by molar-refractivity contribution is -0.384. The summed E-state index contributed by atoms with van der Waals surface area (Å²) < 4.78 is 5.21. The first kappa shape index (κ1) is 21.4. The van der Waals surface area contributed by atoms with Crippen molar-refractivity contribution in [1.82, 2.24) is 9.97 Å². The van der Waals surface area contributed by atoms with Crippen molar-refractivity contribution in [2.24, 2.45) is 0 Å². The van der Waals surface area contributed by atoms with Crippen molar-refractivity contribution in [3.8, 4) is 11.3 Å². The van der Waals surface area contributed by atoms with Crippen LogP contribution in [0.3, 0.4) is 0 Å². The average molecular weight is 442 g/mol. The number of anilines is 1. The third kappa shape index (κ3) is 5.28. The van der Waals surface area contributed by atoms with Gasteiger partial charge in [0, 0.05) is 30.2 Å². The molecule has 2 aromatic heterocycles. The second-order valence-electron chi connectivity index (χ2n) is 7.02. The molecule has 0 amide bonds. The van der Waals surface area contributed by atoms with Gasteiger partial charge in [-0.3, -0.25) is 10.1 Å². The molecule has 0 saturated carbocycles. The highest BCUT2D eigenvalue weighted by Gasteiger charge is 2.16. The first-order valence-corrected chi connectivity index (χ1v) is 9.90. The van der Waals surface area contributed by atoms with Crippen molar-refractivity contribution in [2.75, 3.05) is 5.32 Å². The number of carboxylic acid groups (broad SMARTS) is 1.